The number of pyridine rings is 2. The minimum absolute atomic E-state index is 0.199. The van der Waals surface area contributed by atoms with E-state index in [1.165, 1.54) is 4.40 Å². The molecule has 4 aromatic heterocycles. The molecule has 0 spiro atoms. The lowest BCUT2D eigenvalue weighted by atomic mass is 10.3. The van der Waals surface area contributed by atoms with E-state index >= 15 is 0 Å². The molecule has 0 aliphatic carbocycles. The lowest BCUT2D eigenvalue weighted by Crippen LogP contribution is -2.18. The van der Waals surface area contributed by atoms with E-state index in [0.717, 1.165) is 5.56 Å². The smallest absolute Gasteiger partial charge is 0.272 e. The first-order valence-corrected chi connectivity index (χ1v) is 9.31. The summed E-state index contributed by atoms with van der Waals surface area (Å²) in [6.45, 7) is 2.94. The summed E-state index contributed by atoms with van der Waals surface area (Å²) >= 11 is 0. The van der Waals surface area contributed by atoms with Crippen molar-refractivity contribution in [2.45, 2.75) is 19.9 Å². The van der Waals surface area contributed by atoms with Crippen LogP contribution < -0.4 is 10.9 Å². The van der Waals surface area contributed by atoms with Gasteiger partial charge in [-0.05, 0) is 43.2 Å². The summed E-state index contributed by atoms with van der Waals surface area (Å²) in [5, 5.41) is 3.24. The fourth-order valence-electron chi connectivity index (χ4n) is 3.37. The van der Waals surface area contributed by atoms with Gasteiger partial charge in [0.1, 0.15) is 17.0 Å². The van der Waals surface area contributed by atoms with E-state index in [1.54, 1.807) is 48.5 Å². The highest BCUT2D eigenvalue weighted by Crippen LogP contribution is 2.19. The van der Waals surface area contributed by atoms with Crippen LogP contribution in [0.3, 0.4) is 0 Å². The molecule has 1 N–H and O–H groups in total. The molecule has 8 nitrogen and oxygen atoms in total. The third-order valence-corrected chi connectivity index (χ3v) is 4.77. The number of carbonyl (C=O) groups excluding carboxylic acids is 1. The van der Waals surface area contributed by atoms with Crippen molar-refractivity contribution in [1.29, 1.82) is 0 Å². The van der Waals surface area contributed by atoms with Crippen molar-refractivity contribution in [3.8, 4) is 0 Å². The van der Waals surface area contributed by atoms with Crippen LogP contribution in [0, 0.1) is 6.92 Å². The quantitative estimate of drug-likeness (QED) is 0.510. The molecule has 29 heavy (non-hydrogen) atoms. The molecular formula is C21H21N5O3. The zero-order chi connectivity index (χ0) is 20.4. The van der Waals surface area contributed by atoms with Crippen molar-refractivity contribution >= 4 is 28.3 Å². The number of methoxy groups -OCH3 is 1. The van der Waals surface area contributed by atoms with Gasteiger partial charge in [0.25, 0.3) is 11.5 Å². The van der Waals surface area contributed by atoms with Gasteiger partial charge >= 0.3 is 0 Å². The lowest BCUT2D eigenvalue weighted by molar-refractivity contribution is 0.101. The van der Waals surface area contributed by atoms with Crippen molar-refractivity contribution in [1.82, 2.24) is 18.9 Å². The van der Waals surface area contributed by atoms with Crippen LogP contribution in [0.1, 0.15) is 22.5 Å². The van der Waals surface area contributed by atoms with Crippen molar-refractivity contribution in [3.63, 3.8) is 0 Å². The molecule has 0 bridgehead atoms. The van der Waals surface area contributed by atoms with Crippen molar-refractivity contribution < 1.29 is 9.53 Å². The molecule has 148 valence electrons. The van der Waals surface area contributed by atoms with E-state index in [4.69, 9.17) is 9.72 Å². The Kier molecular flexibility index (Phi) is 5.09. The highest BCUT2D eigenvalue weighted by molar-refractivity contribution is 6.06. The number of ether oxygens (including phenoxy) is 1. The zero-order valence-corrected chi connectivity index (χ0v) is 16.3. The second-order valence-electron chi connectivity index (χ2n) is 6.76. The van der Waals surface area contributed by atoms with Crippen LogP contribution in [0.2, 0.25) is 0 Å². The number of anilines is 1. The van der Waals surface area contributed by atoms with Gasteiger partial charge < -0.3 is 14.6 Å². The van der Waals surface area contributed by atoms with E-state index in [1.807, 2.05) is 19.1 Å². The normalized spacial score (nSPS) is 11.2. The Balaban J connectivity index is 1.88. The van der Waals surface area contributed by atoms with E-state index < -0.39 is 0 Å². The number of carbonyl (C=O) groups is 1. The van der Waals surface area contributed by atoms with Crippen LogP contribution in [-0.4, -0.2) is 38.6 Å². The molecule has 1 amide bonds. The molecular weight excluding hydrogens is 370 g/mol. The molecule has 0 unspecified atom stereocenters. The number of hydrogen-bond donors (Lipinski definition) is 1. The molecule has 4 aromatic rings. The van der Waals surface area contributed by atoms with Gasteiger partial charge in [-0.15, -0.1) is 0 Å². The Morgan fingerprint density at radius 2 is 2.10 bits per heavy atom. The molecule has 0 aromatic carbocycles. The van der Waals surface area contributed by atoms with Gasteiger partial charge in [0.2, 0.25) is 0 Å². The van der Waals surface area contributed by atoms with E-state index in [2.05, 4.69) is 10.3 Å². The zero-order valence-electron chi connectivity index (χ0n) is 16.3. The maximum Gasteiger partial charge on any atom is 0.272 e. The van der Waals surface area contributed by atoms with Gasteiger partial charge in [-0.25, -0.2) is 4.98 Å². The highest BCUT2D eigenvalue weighted by atomic mass is 16.5. The molecule has 0 radical (unpaired) electrons. The summed E-state index contributed by atoms with van der Waals surface area (Å²) in [6, 6.07) is 8.82. The van der Waals surface area contributed by atoms with Crippen molar-refractivity contribution in [3.05, 3.63) is 70.5 Å². The largest absolute Gasteiger partial charge is 0.385 e. The van der Waals surface area contributed by atoms with Gasteiger partial charge in [0.15, 0.2) is 0 Å². The van der Waals surface area contributed by atoms with Crippen LogP contribution in [-0.2, 0) is 11.3 Å². The Labute approximate surface area is 166 Å². The van der Waals surface area contributed by atoms with Crippen molar-refractivity contribution in [2.24, 2.45) is 0 Å². The summed E-state index contributed by atoms with van der Waals surface area (Å²) in [5.41, 5.74) is 2.72. The van der Waals surface area contributed by atoms with Crippen LogP contribution in [0.5, 0.6) is 0 Å². The predicted octanol–water partition coefficient (Wildman–Crippen LogP) is 2.64. The molecule has 4 heterocycles. The maximum absolute atomic E-state index is 13.1. The van der Waals surface area contributed by atoms with Crippen LogP contribution in [0.4, 0.5) is 5.69 Å². The van der Waals surface area contributed by atoms with Crippen LogP contribution >= 0.6 is 0 Å². The molecule has 0 aliphatic rings. The number of nitrogens with one attached hydrogen (secondary N) is 1. The first-order valence-electron chi connectivity index (χ1n) is 9.31. The predicted molar refractivity (Wildman–Crippen MR) is 110 cm³/mol. The molecule has 0 saturated carbocycles. The number of rotatable bonds is 6. The number of amides is 1. The second kappa shape index (κ2) is 7.84. The van der Waals surface area contributed by atoms with Crippen molar-refractivity contribution in [2.75, 3.05) is 19.0 Å². The van der Waals surface area contributed by atoms with Gasteiger partial charge in [-0.1, -0.05) is 6.07 Å². The van der Waals surface area contributed by atoms with Gasteiger partial charge in [-0.2, -0.15) is 0 Å². The summed E-state index contributed by atoms with van der Waals surface area (Å²) < 4.78 is 8.45. The fourth-order valence-corrected chi connectivity index (χ4v) is 3.37. The number of aromatic nitrogens is 4. The Morgan fingerprint density at radius 3 is 2.86 bits per heavy atom. The van der Waals surface area contributed by atoms with E-state index in [0.29, 0.717) is 47.6 Å². The number of nitrogens with zero attached hydrogens (tertiary/aromatic N) is 4. The molecule has 0 saturated heterocycles. The third kappa shape index (κ3) is 3.50. The topological polar surface area (TPSA) is 90.5 Å². The molecule has 0 atom stereocenters. The fraction of sp³-hybridized carbons (Fsp3) is 0.238. The van der Waals surface area contributed by atoms with Gasteiger partial charge in [-0.3, -0.25) is 19.0 Å². The van der Waals surface area contributed by atoms with E-state index in [9.17, 15) is 9.59 Å². The standard InChI is InChI=1S/C21H21N5O3/c1-14-6-4-9-26-18(14)24-19-16(21(26)28)12-17(25(19)10-5-11-29-2)20(27)23-15-7-3-8-22-13-15/h3-4,6-9,12-13H,5,10-11H2,1-2H3,(H,23,27). The summed E-state index contributed by atoms with van der Waals surface area (Å²) in [7, 11) is 1.63. The second-order valence-corrected chi connectivity index (χ2v) is 6.76. The molecule has 8 heteroatoms. The lowest BCUT2D eigenvalue weighted by Gasteiger charge is -2.11. The minimum Gasteiger partial charge on any atom is -0.385 e. The Bertz CT molecular complexity index is 1240. The SMILES string of the molecule is COCCCn1c(C(=O)Nc2cccnc2)cc2c(=O)n3cccc(C)c3nc21. The maximum atomic E-state index is 13.1. The monoisotopic (exact) mass is 391 g/mol. The molecule has 0 fully saturated rings. The van der Waals surface area contributed by atoms with Gasteiger partial charge in [0.05, 0.1) is 17.3 Å². The Hall–Kier alpha value is -3.52. The number of fused-ring (bicyclic) bond motifs is 2. The Morgan fingerprint density at radius 1 is 1.24 bits per heavy atom. The first kappa shape index (κ1) is 18.8. The number of hydrogen-bond acceptors (Lipinski definition) is 5. The summed E-state index contributed by atoms with van der Waals surface area (Å²) in [6.07, 6.45) is 5.58. The summed E-state index contributed by atoms with van der Waals surface area (Å²) in [5.74, 6) is -0.321. The minimum atomic E-state index is -0.321. The molecule has 4 rings (SSSR count). The highest BCUT2D eigenvalue weighted by Gasteiger charge is 2.20. The number of aryl methyl sites for hydroxylation is 2. The van der Waals surface area contributed by atoms with Gasteiger partial charge in [0, 0.05) is 32.7 Å². The average molecular weight is 391 g/mol. The average Bonchev–Trinajstić information content (AvgIpc) is 3.09. The van der Waals surface area contributed by atoms with Crippen LogP contribution in [0.15, 0.2) is 53.7 Å². The third-order valence-electron chi connectivity index (χ3n) is 4.77. The van der Waals surface area contributed by atoms with Crippen LogP contribution in [0.25, 0.3) is 16.7 Å². The molecule has 0 aliphatic heterocycles. The van der Waals surface area contributed by atoms with E-state index in [-0.39, 0.29) is 11.5 Å². The first-order chi connectivity index (χ1) is 14.1. The summed E-state index contributed by atoms with van der Waals surface area (Å²) in [4.78, 5) is 34.8.